The Labute approximate surface area is 144 Å². The molecule has 3 rings (SSSR count). The normalized spacial score (nSPS) is 10.1. The van der Waals surface area contributed by atoms with Crippen LogP contribution in [0, 0.1) is 5.82 Å². The van der Waals surface area contributed by atoms with Crippen molar-refractivity contribution in [1.29, 1.82) is 0 Å². The van der Waals surface area contributed by atoms with Crippen LogP contribution in [0.5, 0.6) is 0 Å². The summed E-state index contributed by atoms with van der Waals surface area (Å²) < 4.78 is 13.2. The molecule has 0 unspecified atom stereocenters. The molecule has 3 aromatic rings. The van der Waals surface area contributed by atoms with Gasteiger partial charge in [-0.05, 0) is 48.5 Å². The van der Waals surface area contributed by atoms with Crippen LogP contribution in [-0.2, 0) is 0 Å². The lowest BCUT2D eigenvalue weighted by molar-refractivity contribution is 0.101. The van der Waals surface area contributed by atoms with Crippen LogP contribution < -0.4 is 10.6 Å². The lowest BCUT2D eigenvalue weighted by Gasteiger charge is -2.08. The van der Waals surface area contributed by atoms with Crippen molar-refractivity contribution in [3.05, 3.63) is 95.8 Å². The maximum Gasteiger partial charge on any atom is 0.255 e. The largest absolute Gasteiger partial charge is 0.322 e. The molecule has 0 aliphatic rings. The van der Waals surface area contributed by atoms with Gasteiger partial charge in [0.25, 0.3) is 11.8 Å². The molecule has 5 heteroatoms. The summed E-state index contributed by atoms with van der Waals surface area (Å²) in [5.41, 5.74) is 1.75. The third-order valence-corrected chi connectivity index (χ3v) is 3.50. The molecular weight excluding hydrogens is 319 g/mol. The van der Waals surface area contributed by atoms with E-state index in [-0.39, 0.29) is 11.8 Å². The van der Waals surface area contributed by atoms with Gasteiger partial charge in [-0.1, -0.05) is 30.3 Å². The van der Waals surface area contributed by atoms with Crippen molar-refractivity contribution >= 4 is 23.2 Å². The summed E-state index contributed by atoms with van der Waals surface area (Å²) in [5.74, 6) is -1.08. The highest BCUT2D eigenvalue weighted by Gasteiger charge is 2.09. The quantitative estimate of drug-likeness (QED) is 0.746. The summed E-state index contributed by atoms with van der Waals surface area (Å²) in [5, 5.41) is 5.37. The second-order valence-electron chi connectivity index (χ2n) is 5.37. The molecular formula is C20H15FN2O2. The lowest BCUT2D eigenvalue weighted by Crippen LogP contribution is -2.14. The maximum absolute atomic E-state index is 13.2. The topological polar surface area (TPSA) is 58.2 Å². The Morgan fingerprint density at radius 2 is 1.20 bits per heavy atom. The van der Waals surface area contributed by atoms with Gasteiger partial charge in [-0.3, -0.25) is 9.59 Å². The van der Waals surface area contributed by atoms with Gasteiger partial charge in [0.15, 0.2) is 0 Å². The van der Waals surface area contributed by atoms with E-state index in [1.165, 1.54) is 18.2 Å². The van der Waals surface area contributed by atoms with Gasteiger partial charge < -0.3 is 10.6 Å². The molecule has 4 nitrogen and oxygen atoms in total. The number of hydrogen-bond donors (Lipinski definition) is 2. The molecule has 0 heterocycles. The maximum atomic E-state index is 13.2. The van der Waals surface area contributed by atoms with E-state index >= 15 is 0 Å². The van der Waals surface area contributed by atoms with E-state index in [1.807, 2.05) is 6.07 Å². The van der Waals surface area contributed by atoms with Gasteiger partial charge in [-0.15, -0.1) is 0 Å². The molecule has 0 fully saturated rings. The minimum Gasteiger partial charge on any atom is -0.322 e. The number of carbonyl (C=O) groups is 2. The van der Waals surface area contributed by atoms with Crippen LogP contribution in [0.3, 0.4) is 0 Å². The fourth-order valence-electron chi connectivity index (χ4n) is 2.30. The first-order valence-electron chi connectivity index (χ1n) is 7.65. The van der Waals surface area contributed by atoms with E-state index in [9.17, 15) is 14.0 Å². The molecule has 0 aliphatic heterocycles. The molecule has 2 amide bonds. The lowest BCUT2D eigenvalue weighted by atomic mass is 10.1. The fourth-order valence-corrected chi connectivity index (χ4v) is 2.30. The molecule has 0 aliphatic carbocycles. The zero-order chi connectivity index (χ0) is 17.6. The van der Waals surface area contributed by atoms with Crippen LogP contribution in [0.1, 0.15) is 20.7 Å². The van der Waals surface area contributed by atoms with Crippen molar-refractivity contribution in [2.24, 2.45) is 0 Å². The molecule has 2 N–H and O–H groups in total. The second-order valence-corrected chi connectivity index (χ2v) is 5.37. The standard InChI is InChI=1S/C20H15FN2O2/c21-16-9-5-11-18(13-16)23-20(25)15-8-4-10-17(12-15)22-19(24)14-6-2-1-3-7-14/h1-13H,(H,22,24)(H,23,25). The van der Waals surface area contributed by atoms with Gasteiger partial charge in [0.1, 0.15) is 5.82 Å². The highest BCUT2D eigenvalue weighted by atomic mass is 19.1. The molecule has 124 valence electrons. The van der Waals surface area contributed by atoms with Crippen LogP contribution in [0.4, 0.5) is 15.8 Å². The van der Waals surface area contributed by atoms with Gasteiger partial charge in [-0.2, -0.15) is 0 Å². The van der Waals surface area contributed by atoms with Crippen LogP contribution in [0.2, 0.25) is 0 Å². The third-order valence-electron chi connectivity index (χ3n) is 3.50. The Morgan fingerprint density at radius 3 is 1.88 bits per heavy atom. The van der Waals surface area contributed by atoms with E-state index in [0.717, 1.165) is 0 Å². The Hall–Kier alpha value is -3.47. The van der Waals surface area contributed by atoms with Crippen LogP contribution in [-0.4, -0.2) is 11.8 Å². The molecule has 0 atom stereocenters. The molecule has 0 bridgehead atoms. The highest BCUT2D eigenvalue weighted by molar-refractivity contribution is 6.07. The summed E-state index contributed by atoms with van der Waals surface area (Å²) >= 11 is 0. The molecule has 25 heavy (non-hydrogen) atoms. The van der Waals surface area contributed by atoms with Gasteiger partial charge in [0.05, 0.1) is 0 Å². The van der Waals surface area contributed by atoms with Crippen LogP contribution >= 0.6 is 0 Å². The Morgan fingerprint density at radius 1 is 0.640 bits per heavy atom. The third kappa shape index (κ3) is 4.29. The molecule has 0 saturated heterocycles. The Kier molecular flexibility index (Phi) is 4.85. The van der Waals surface area contributed by atoms with Crippen molar-refractivity contribution in [1.82, 2.24) is 0 Å². The number of amides is 2. The Bertz CT molecular complexity index is 910. The fraction of sp³-hybridized carbons (Fsp3) is 0. The molecule has 0 radical (unpaired) electrons. The molecule has 0 aromatic heterocycles. The van der Waals surface area contributed by atoms with Crippen LogP contribution in [0.15, 0.2) is 78.9 Å². The summed E-state index contributed by atoms with van der Waals surface area (Å²) in [4.78, 5) is 24.5. The van der Waals surface area contributed by atoms with E-state index < -0.39 is 5.82 Å². The van der Waals surface area contributed by atoms with Crippen molar-refractivity contribution < 1.29 is 14.0 Å². The van der Waals surface area contributed by atoms with Crippen LogP contribution in [0.25, 0.3) is 0 Å². The molecule has 3 aromatic carbocycles. The number of rotatable bonds is 4. The average molecular weight is 334 g/mol. The zero-order valence-corrected chi connectivity index (χ0v) is 13.2. The zero-order valence-electron chi connectivity index (χ0n) is 13.2. The number of anilines is 2. The van der Waals surface area contributed by atoms with E-state index in [1.54, 1.807) is 54.6 Å². The predicted molar refractivity (Wildman–Crippen MR) is 95.2 cm³/mol. The summed E-state index contributed by atoms with van der Waals surface area (Å²) in [7, 11) is 0. The SMILES string of the molecule is O=C(Nc1cccc(C(=O)Nc2cccc(F)c2)c1)c1ccccc1. The van der Waals surface area contributed by atoms with Crippen molar-refractivity contribution in [3.63, 3.8) is 0 Å². The monoisotopic (exact) mass is 334 g/mol. The Balaban J connectivity index is 1.72. The summed E-state index contributed by atoms with van der Waals surface area (Å²) in [6.45, 7) is 0. The highest BCUT2D eigenvalue weighted by Crippen LogP contribution is 2.15. The van der Waals surface area contributed by atoms with E-state index in [2.05, 4.69) is 10.6 Å². The summed E-state index contributed by atoms with van der Waals surface area (Å²) in [6.07, 6.45) is 0. The first-order valence-corrected chi connectivity index (χ1v) is 7.65. The van der Waals surface area contributed by atoms with Crippen molar-refractivity contribution in [2.75, 3.05) is 10.6 Å². The predicted octanol–water partition coefficient (Wildman–Crippen LogP) is 4.33. The first-order chi connectivity index (χ1) is 12.1. The van der Waals surface area contributed by atoms with Gasteiger partial charge in [-0.25, -0.2) is 4.39 Å². The van der Waals surface area contributed by atoms with E-state index in [4.69, 9.17) is 0 Å². The summed E-state index contributed by atoms with van der Waals surface area (Å²) in [6, 6.07) is 21.0. The number of carbonyl (C=O) groups excluding carboxylic acids is 2. The van der Waals surface area contributed by atoms with E-state index in [0.29, 0.717) is 22.5 Å². The minimum atomic E-state index is -0.429. The second kappa shape index (κ2) is 7.40. The van der Waals surface area contributed by atoms with Gasteiger partial charge >= 0.3 is 0 Å². The van der Waals surface area contributed by atoms with Gasteiger partial charge in [0.2, 0.25) is 0 Å². The number of benzene rings is 3. The smallest absolute Gasteiger partial charge is 0.255 e. The van der Waals surface area contributed by atoms with Gasteiger partial charge in [0, 0.05) is 22.5 Å². The number of hydrogen-bond acceptors (Lipinski definition) is 2. The minimum absolute atomic E-state index is 0.261. The molecule has 0 saturated carbocycles. The van der Waals surface area contributed by atoms with Crippen molar-refractivity contribution in [2.45, 2.75) is 0 Å². The number of halogens is 1. The number of nitrogens with one attached hydrogen (secondary N) is 2. The average Bonchev–Trinajstić information content (AvgIpc) is 2.62. The first kappa shape index (κ1) is 16.4. The molecule has 0 spiro atoms. The van der Waals surface area contributed by atoms with Crippen molar-refractivity contribution in [3.8, 4) is 0 Å².